The quantitative estimate of drug-likeness (QED) is 0.738. The van der Waals surface area contributed by atoms with E-state index in [9.17, 15) is 4.79 Å². The van der Waals surface area contributed by atoms with Gasteiger partial charge in [-0.15, -0.1) is 0 Å². The number of ether oxygens (including phenoxy) is 2. The number of benzene rings is 1. The van der Waals surface area contributed by atoms with E-state index >= 15 is 0 Å². The molecule has 1 fully saturated rings. The van der Waals surface area contributed by atoms with Gasteiger partial charge in [0.25, 0.3) is 5.91 Å². The Kier molecular flexibility index (Phi) is 6.21. The second-order valence-electron chi connectivity index (χ2n) is 6.07. The lowest BCUT2D eigenvalue weighted by Crippen LogP contribution is -2.47. The minimum atomic E-state index is -0.171. The second-order valence-corrected chi connectivity index (χ2v) is 7.08. The van der Waals surface area contributed by atoms with Gasteiger partial charge in [-0.3, -0.25) is 4.79 Å². The molecule has 2 aliphatic rings. The summed E-state index contributed by atoms with van der Waals surface area (Å²) < 4.78 is 10.9. The molecular weight excluding hydrogens is 350 g/mol. The molecule has 26 heavy (non-hydrogen) atoms. The first kappa shape index (κ1) is 18.8. The highest BCUT2D eigenvalue weighted by Gasteiger charge is 2.28. The summed E-state index contributed by atoms with van der Waals surface area (Å²) in [6.07, 6.45) is 1.87. The number of methoxy groups -OCH3 is 1. The SMILES string of the molecule is CCOc1ccc(/C=C2\SC(N3CCN(CC)CC3)=NC2=O)cc1OC. The molecule has 0 bridgehead atoms. The van der Waals surface area contributed by atoms with Crippen molar-refractivity contribution in [2.45, 2.75) is 13.8 Å². The third kappa shape index (κ3) is 4.22. The van der Waals surface area contributed by atoms with Gasteiger partial charge >= 0.3 is 0 Å². The molecule has 1 amide bonds. The van der Waals surface area contributed by atoms with Gasteiger partial charge in [-0.1, -0.05) is 13.0 Å². The number of piperazine rings is 1. The van der Waals surface area contributed by atoms with Crippen LogP contribution in [0.5, 0.6) is 11.5 Å². The maximum atomic E-state index is 12.3. The van der Waals surface area contributed by atoms with Crippen LogP contribution in [-0.2, 0) is 4.79 Å². The van der Waals surface area contributed by atoms with Crippen molar-refractivity contribution < 1.29 is 14.3 Å². The van der Waals surface area contributed by atoms with Gasteiger partial charge < -0.3 is 19.3 Å². The lowest BCUT2D eigenvalue weighted by Gasteiger charge is -2.34. The summed E-state index contributed by atoms with van der Waals surface area (Å²) in [5.41, 5.74) is 0.897. The van der Waals surface area contributed by atoms with Crippen LogP contribution in [0.15, 0.2) is 28.1 Å². The molecule has 0 spiro atoms. The lowest BCUT2D eigenvalue weighted by atomic mass is 10.2. The average molecular weight is 375 g/mol. The predicted molar refractivity (Wildman–Crippen MR) is 106 cm³/mol. The molecule has 7 heteroatoms. The molecule has 140 valence electrons. The number of thioether (sulfide) groups is 1. The van der Waals surface area contributed by atoms with Gasteiger partial charge in [-0.25, -0.2) is 0 Å². The van der Waals surface area contributed by atoms with Gasteiger partial charge in [0.15, 0.2) is 16.7 Å². The molecule has 0 aliphatic carbocycles. The largest absolute Gasteiger partial charge is 0.493 e. The molecule has 1 aromatic rings. The molecule has 0 saturated carbocycles. The number of likely N-dealkylation sites (N-methyl/N-ethyl adjacent to an activating group) is 1. The summed E-state index contributed by atoms with van der Waals surface area (Å²) in [7, 11) is 1.61. The zero-order valence-corrected chi connectivity index (χ0v) is 16.3. The fraction of sp³-hybridized carbons (Fsp3) is 0.474. The number of amidine groups is 1. The third-order valence-corrected chi connectivity index (χ3v) is 5.53. The van der Waals surface area contributed by atoms with Gasteiger partial charge in [0.1, 0.15) is 0 Å². The van der Waals surface area contributed by atoms with Gasteiger partial charge in [0.05, 0.1) is 18.6 Å². The maximum Gasteiger partial charge on any atom is 0.286 e. The van der Waals surface area contributed by atoms with E-state index in [-0.39, 0.29) is 5.91 Å². The number of carbonyl (C=O) groups excluding carboxylic acids is 1. The predicted octanol–water partition coefficient (Wildman–Crippen LogP) is 2.70. The molecule has 0 unspecified atom stereocenters. The van der Waals surface area contributed by atoms with Crippen molar-refractivity contribution >= 4 is 28.9 Å². The second kappa shape index (κ2) is 8.60. The van der Waals surface area contributed by atoms with Crippen molar-refractivity contribution in [2.24, 2.45) is 4.99 Å². The van der Waals surface area contributed by atoms with E-state index in [1.54, 1.807) is 7.11 Å². The Morgan fingerprint density at radius 2 is 1.96 bits per heavy atom. The minimum Gasteiger partial charge on any atom is -0.493 e. The van der Waals surface area contributed by atoms with E-state index in [2.05, 4.69) is 21.7 Å². The number of amides is 1. The first-order valence-corrected chi connectivity index (χ1v) is 9.77. The lowest BCUT2D eigenvalue weighted by molar-refractivity contribution is -0.113. The molecule has 1 aromatic carbocycles. The zero-order valence-electron chi connectivity index (χ0n) is 15.5. The normalized spacial score (nSPS) is 19.8. The van der Waals surface area contributed by atoms with Crippen molar-refractivity contribution in [3.8, 4) is 11.5 Å². The van der Waals surface area contributed by atoms with E-state index < -0.39 is 0 Å². The Hall–Kier alpha value is -1.99. The molecule has 0 atom stereocenters. The molecule has 1 saturated heterocycles. The van der Waals surface area contributed by atoms with Crippen molar-refractivity contribution in [1.29, 1.82) is 0 Å². The maximum absolute atomic E-state index is 12.3. The van der Waals surface area contributed by atoms with Gasteiger partial charge in [0, 0.05) is 26.2 Å². The third-order valence-electron chi connectivity index (χ3n) is 4.48. The number of aliphatic imine (C=N–C) groups is 1. The van der Waals surface area contributed by atoms with Crippen LogP contribution in [0.4, 0.5) is 0 Å². The highest BCUT2D eigenvalue weighted by molar-refractivity contribution is 8.18. The van der Waals surface area contributed by atoms with Crippen molar-refractivity contribution in [2.75, 3.05) is 46.4 Å². The van der Waals surface area contributed by atoms with Crippen LogP contribution in [0.25, 0.3) is 6.08 Å². The minimum absolute atomic E-state index is 0.171. The summed E-state index contributed by atoms with van der Waals surface area (Å²) >= 11 is 1.45. The Labute approximate surface area is 158 Å². The van der Waals surface area contributed by atoms with Crippen LogP contribution in [0.2, 0.25) is 0 Å². The molecular formula is C19H25N3O3S. The molecule has 0 aromatic heterocycles. The van der Waals surface area contributed by atoms with Crippen molar-refractivity contribution in [3.05, 3.63) is 28.7 Å². The van der Waals surface area contributed by atoms with Crippen LogP contribution in [0.1, 0.15) is 19.4 Å². The first-order chi connectivity index (χ1) is 12.6. The van der Waals surface area contributed by atoms with E-state index in [0.29, 0.717) is 23.0 Å². The van der Waals surface area contributed by atoms with Crippen LogP contribution in [0.3, 0.4) is 0 Å². The summed E-state index contributed by atoms with van der Waals surface area (Å²) in [6, 6.07) is 5.67. The molecule has 2 aliphatic heterocycles. The Bertz CT molecular complexity index is 725. The Morgan fingerprint density at radius 3 is 2.62 bits per heavy atom. The van der Waals surface area contributed by atoms with E-state index in [0.717, 1.165) is 43.5 Å². The average Bonchev–Trinajstić information content (AvgIpc) is 3.03. The van der Waals surface area contributed by atoms with Crippen LogP contribution in [-0.4, -0.2) is 67.3 Å². The summed E-state index contributed by atoms with van der Waals surface area (Å²) in [5, 5.41) is 0.815. The Morgan fingerprint density at radius 1 is 1.19 bits per heavy atom. The number of hydrogen-bond donors (Lipinski definition) is 0. The zero-order chi connectivity index (χ0) is 18.5. The molecule has 6 nitrogen and oxygen atoms in total. The molecule has 2 heterocycles. The van der Waals surface area contributed by atoms with E-state index in [1.165, 1.54) is 11.8 Å². The highest BCUT2D eigenvalue weighted by Crippen LogP contribution is 2.33. The summed E-state index contributed by atoms with van der Waals surface area (Å²) in [4.78, 5) is 21.8. The van der Waals surface area contributed by atoms with Gasteiger partial charge in [0.2, 0.25) is 0 Å². The number of rotatable bonds is 5. The summed E-state index contributed by atoms with van der Waals surface area (Å²) in [6.45, 7) is 9.60. The van der Waals surface area contributed by atoms with Crippen LogP contribution < -0.4 is 9.47 Å². The fourth-order valence-electron chi connectivity index (χ4n) is 2.99. The number of carbonyl (C=O) groups is 1. The van der Waals surface area contributed by atoms with E-state index in [4.69, 9.17) is 9.47 Å². The van der Waals surface area contributed by atoms with Crippen LogP contribution in [0, 0.1) is 0 Å². The van der Waals surface area contributed by atoms with Crippen LogP contribution >= 0.6 is 11.8 Å². The molecule has 0 radical (unpaired) electrons. The molecule has 3 rings (SSSR count). The fourth-order valence-corrected chi connectivity index (χ4v) is 3.95. The smallest absolute Gasteiger partial charge is 0.286 e. The molecule has 0 N–H and O–H groups in total. The Balaban J connectivity index is 1.70. The highest BCUT2D eigenvalue weighted by atomic mass is 32.2. The van der Waals surface area contributed by atoms with Crippen molar-refractivity contribution in [1.82, 2.24) is 9.80 Å². The standard InChI is InChI=1S/C19H25N3O3S/c1-4-21-8-10-22(11-9-21)19-20-18(23)17(26-19)13-14-6-7-15(25-5-2)16(12-14)24-3/h6-7,12-13H,4-5,8-11H2,1-3H3/b17-13-. The topological polar surface area (TPSA) is 54.4 Å². The monoisotopic (exact) mass is 375 g/mol. The number of nitrogens with zero attached hydrogens (tertiary/aromatic N) is 3. The first-order valence-electron chi connectivity index (χ1n) is 8.95. The van der Waals surface area contributed by atoms with Gasteiger partial charge in [-0.2, -0.15) is 4.99 Å². The van der Waals surface area contributed by atoms with Crippen molar-refractivity contribution in [3.63, 3.8) is 0 Å². The summed E-state index contributed by atoms with van der Waals surface area (Å²) in [5.74, 6) is 1.19. The number of hydrogen-bond acceptors (Lipinski definition) is 6. The van der Waals surface area contributed by atoms with E-state index in [1.807, 2.05) is 31.2 Å². The van der Waals surface area contributed by atoms with Gasteiger partial charge in [-0.05, 0) is 49.0 Å².